The first-order valence-electron chi connectivity index (χ1n) is 8.49. The topological polar surface area (TPSA) is 46.6 Å². The van der Waals surface area contributed by atoms with Crippen LogP contribution in [0.4, 0.5) is 0 Å². The van der Waals surface area contributed by atoms with Crippen molar-refractivity contribution in [2.75, 3.05) is 26.8 Å². The van der Waals surface area contributed by atoms with E-state index < -0.39 is 10.0 Å². The van der Waals surface area contributed by atoms with E-state index in [1.54, 1.807) is 11.4 Å². The predicted molar refractivity (Wildman–Crippen MR) is 92.0 cm³/mol. The molecule has 23 heavy (non-hydrogen) atoms. The number of methoxy groups -OCH3 is 1. The molecule has 2 aliphatic rings. The Bertz CT molecular complexity index is 648. The normalized spacial score (nSPS) is 25.0. The molecule has 1 heterocycles. The average molecular weight is 337 g/mol. The summed E-state index contributed by atoms with van der Waals surface area (Å²) in [6, 6.07) is 8.23. The lowest BCUT2D eigenvalue weighted by Crippen LogP contribution is -2.48. The minimum Gasteiger partial charge on any atom is -0.384 e. The molecule has 128 valence electrons. The Morgan fingerprint density at radius 1 is 1.22 bits per heavy atom. The molecule has 0 spiro atoms. The molecule has 1 aliphatic heterocycles. The van der Waals surface area contributed by atoms with Crippen LogP contribution in [-0.4, -0.2) is 44.8 Å². The van der Waals surface area contributed by atoms with Gasteiger partial charge in [-0.15, -0.1) is 0 Å². The number of nitrogens with zero attached hydrogens (tertiary/aromatic N) is 1. The fourth-order valence-corrected chi connectivity index (χ4v) is 5.82. The number of piperidine rings is 1. The molecule has 0 aromatic heterocycles. The van der Waals surface area contributed by atoms with Crippen molar-refractivity contribution < 1.29 is 13.2 Å². The summed E-state index contributed by atoms with van der Waals surface area (Å²) in [5.74, 6) is 0. The van der Waals surface area contributed by atoms with Crippen LogP contribution in [-0.2, 0) is 27.6 Å². The Morgan fingerprint density at radius 2 is 1.87 bits per heavy atom. The van der Waals surface area contributed by atoms with Gasteiger partial charge in [0, 0.05) is 20.2 Å². The van der Waals surface area contributed by atoms with Gasteiger partial charge in [-0.05, 0) is 48.6 Å². The Balaban J connectivity index is 1.69. The van der Waals surface area contributed by atoms with Gasteiger partial charge in [0.2, 0.25) is 10.0 Å². The Hall–Kier alpha value is -0.910. The summed E-state index contributed by atoms with van der Waals surface area (Å²) in [6.45, 7) is 4.15. The van der Waals surface area contributed by atoms with Crippen LogP contribution in [0.1, 0.15) is 37.3 Å². The second kappa shape index (κ2) is 6.54. The second-order valence-electron chi connectivity index (χ2n) is 7.32. The third-order valence-electron chi connectivity index (χ3n) is 5.51. The lowest BCUT2D eigenvalue weighted by atomic mass is 9.82. The number of hydrogen-bond donors (Lipinski definition) is 0. The minimum atomic E-state index is -3.20. The van der Waals surface area contributed by atoms with E-state index in [1.165, 1.54) is 11.1 Å². The van der Waals surface area contributed by atoms with E-state index in [1.807, 2.05) is 12.1 Å². The maximum absolute atomic E-state index is 13.0. The Kier molecular flexibility index (Phi) is 4.81. The maximum Gasteiger partial charge on any atom is 0.217 e. The van der Waals surface area contributed by atoms with Gasteiger partial charge < -0.3 is 4.74 Å². The van der Waals surface area contributed by atoms with E-state index in [9.17, 15) is 8.42 Å². The van der Waals surface area contributed by atoms with E-state index in [4.69, 9.17) is 4.74 Å². The van der Waals surface area contributed by atoms with Gasteiger partial charge in [0.05, 0.1) is 11.9 Å². The van der Waals surface area contributed by atoms with Gasteiger partial charge in [0.1, 0.15) is 0 Å². The fourth-order valence-electron chi connectivity index (χ4n) is 3.90. The lowest BCUT2D eigenvalue weighted by molar-refractivity contribution is 0.0528. The number of aryl methyl sites for hydroxylation is 1. The number of hydrogen-bond acceptors (Lipinski definition) is 3. The zero-order valence-corrected chi connectivity index (χ0v) is 14.9. The van der Waals surface area contributed by atoms with Crippen molar-refractivity contribution in [1.29, 1.82) is 0 Å². The Labute approximate surface area is 139 Å². The molecular formula is C18H27NO3S. The summed E-state index contributed by atoms with van der Waals surface area (Å²) >= 11 is 0. The predicted octanol–water partition coefficient (Wildman–Crippen LogP) is 2.62. The largest absolute Gasteiger partial charge is 0.384 e. The van der Waals surface area contributed by atoms with Crippen molar-refractivity contribution in [3.05, 3.63) is 35.4 Å². The monoisotopic (exact) mass is 337 g/mol. The van der Waals surface area contributed by atoms with E-state index >= 15 is 0 Å². The van der Waals surface area contributed by atoms with Gasteiger partial charge in [-0.3, -0.25) is 0 Å². The van der Waals surface area contributed by atoms with Crippen LogP contribution in [0.15, 0.2) is 24.3 Å². The molecule has 0 bridgehead atoms. The highest BCUT2D eigenvalue weighted by Gasteiger charge is 2.39. The minimum absolute atomic E-state index is 0.111. The van der Waals surface area contributed by atoms with Gasteiger partial charge in [-0.1, -0.05) is 31.2 Å². The molecule has 1 atom stereocenters. The van der Waals surface area contributed by atoms with Crippen LogP contribution in [0.25, 0.3) is 0 Å². The van der Waals surface area contributed by atoms with Gasteiger partial charge in [-0.2, -0.15) is 0 Å². The van der Waals surface area contributed by atoms with Crippen LogP contribution >= 0.6 is 0 Å². The smallest absolute Gasteiger partial charge is 0.217 e. The maximum atomic E-state index is 13.0. The van der Waals surface area contributed by atoms with Crippen molar-refractivity contribution in [3.63, 3.8) is 0 Å². The first-order valence-corrected chi connectivity index (χ1v) is 10.00. The summed E-state index contributed by atoms with van der Waals surface area (Å²) in [4.78, 5) is 0. The van der Waals surface area contributed by atoms with Crippen LogP contribution in [0.5, 0.6) is 0 Å². The zero-order valence-electron chi connectivity index (χ0n) is 14.1. The first kappa shape index (κ1) is 16.9. The molecule has 0 amide bonds. The summed E-state index contributed by atoms with van der Waals surface area (Å²) in [6.07, 6.45) is 4.03. The van der Waals surface area contributed by atoms with E-state index in [0.717, 1.165) is 25.7 Å². The molecule has 3 rings (SSSR count). The molecule has 1 unspecified atom stereocenters. The van der Waals surface area contributed by atoms with Crippen molar-refractivity contribution in [2.24, 2.45) is 5.41 Å². The van der Waals surface area contributed by atoms with Crippen LogP contribution in [0, 0.1) is 5.41 Å². The van der Waals surface area contributed by atoms with Crippen molar-refractivity contribution in [2.45, 2.75) is 44.3 Å². The van der Waals surface area contributed by atoms with E-state index in [-0.39, 0.29) is 10.7 Å². The van der Waals surface area contributed by atoms with Crippen LogP contribution < -0.4 is 0 Å². The molecule has 1 fully saturated rings. The van der Waals surface area contributed by atoms with Gasteiger partial charge in [0.15, 0.2) is 0 Å². The highest BCUT2D eigenvalue weighted by atomic mass is 32.2. The second-order valence-corrected chi connectivity index (χ2v) is 9.53. The molecular weight excluding hydrogens is 310 g/mol. The summed E-state index contributed by atoms with van der Waals surface area (Å²) in [5, 5.41) is -0.260. The number of rotatable bonds is 4. The van der Waals surface area contributed by atoms with E-state index in [2.05, 4.69) is 19.1 Å². The van der Waals surface area contributed by atoms with Crippen molar-refractivity contribution >= 4 is 10.0 Å². The van der Waals surface area contributed by atoms with Gasteiger partial charge >= 0.3 is 0 Å². The third-order valence-corrected chi connectivity index (χ3v) is 7.83. The number of benzene rings is 1. The number of sulfonamides is 1. The van der Waals surface area contributed by atoms with Crippen molar-refractivity contribution in [3.8, 4) is 0 Å². The SMILES string of the molecule is COCC1(C)CCN(S(=O)(=O)C2CCc3ccccc3C2)CC1. The lowest BCUT2D eigenvalue weighted by Gasteiger charge is -2.40. The summed E-state index contributed by atoms with van der Waals surface area (Å²) < 4.78 is 33.0. The molecule has 1 aromatic carbocycles. The van der Waals surface area contributed by atoms with Crippen molar-refractivity contribution in [1.82, 2.24) is 4.31 Å². The highest BCUT2D eigenvalue weighted by Crippen LogP contribution is 2.34. The van der Waals surface area contributed by atoms with Gasteiger partial charge in [0.25, 0.3) is 0 Å². The standard InChI is InChI=1S/C18H27NO3S/c1-18(14-22-2)9-11-19(12-10-18)23(20,21)17-8-7-15-5-3-4-6-16(15)13-17/h3-6,17H,7-14H2,1-2H3. The average Bonchev–Trinajstić information content (AvgIpc) is 2.55. The Morgan fingerprint density at radius 3 is 2.52 bits per heavy atom. The highest BCUT2D eigenvalue weighted by molar-refractivity contribution is 7.89. The quantitative estimate of drug-likeness (QED) is 0.848. The molecule has 0 saturated carbocycles. The zero-order chi connectivity index (χ0) is 16.5. The molecule has 1 aliphatic carbocycles. The third kappa shape index (κ3) is 3.47. The molecule has 0 radical (unpaired) electrons. The van der Waals surface area contributed by atoms with Crippen LogP contribution in [0.3, 0.4) is 0 Å². The first-order chi connectivity index (χ1) is 10.9. The molecule has 1 saturated heterocycles. The molecule has 4 nitrogen and oxygen atoms in total. The number of fused-ring (bicyclic) bond motifs is 1. The van der Waals surface area contributed by atoms with Gasteiger partial charge in [-0.25, -0.2) is 12.7 Å². The molecule has 0 N–H and O–H groups in total. The molecule has 1 aromatic rings. The summed E-state index contributed by atoms with van der Waals surface area (Å²) in [5.41, 5.74) is 2.62. The number of ether oxygens (including phenoxy) is 1. The van der Waals surface area contributed by atoms with Crippen LogP contribution in [0.2, 0.25) is 0 Å². The molecule has 5 heteroatoms. The van der Waals surface area contributed by atoms with E-state index in [0.29, 0.717) is 26.1 Å². The fraction of sp³-hybridized carbons (Fsp3) is 0.667. The summed E-state index contributed by atoms with van der Waals surface area (Å²) in [7, 11) is -1.48.